The Kier molecular flexibility index (Phi) is 4.53. The molecule has 0 amide bonds. The molecular formula is C16H24N2O4S. The van der Waals surface area contributed by atoms with E-state index in [9.17, 15) is 13.5 Å². The zero-order valence-corrected chi connectivity index (χ0v) is 14.2. The van der Waals surface area contributed by atoms with Crippen molar-refractivity contribution in [2.75, 3.05) is 13.1 Å². The van der Waals surface area contributed by atoms with Crippen LogP contribution < -0.4 is 9.32 Å². The topological polar surface area (TPSA) is 92.9 Å². The lowest BCUT2D eigenvalue weighted by Crippen LogP contribution is -2.49. The maximum absolute atomic E-state index is 11.3. The number of piperidine rings is 1. The van der Waals surface area contributed by atoms with E-state index in [-0.39, 0.29) is 11.5 Å². The summed E-state index contributed by atoms with van der Waals surface area (Å²) in [6, 6.07) is 3.85. The summed E-state index contributed by atoms with van der Waals surface area (Å²) < 4.78 is 27.5. The van der Waals surface area contributed by atoms with Gasteiger partial charge in [-0.25, -0.2) is 0 Å². The average Bonchev–Trinajstić information content (AvgIpc) is 2.48. The lowest BCUT2D eigenvalue weighted by molar-refractivity contribution is 0.0851. The van der Waals surface area contributed by atoms with E-state index in [4.69, 9.17) is 9.32 Å². The minimum atomic E-state index is -4.15. The number of hydrogen-bond acceptors (Lipinski definition) is 5. The van der Waals surface area contributed by atoms with Crippen molar-refractivity contribution in [2.24, 2.45) is 11.1 Å². The van der Waals surface area contributed by atoms with E-state index < -0.39 is 10.3 Å². The molecule has 0 bridgehead atoms. The number of likely N-dealkylation sites (tertiary alicyclic amines) is 1. The van der Waals surface area contributed by atoms with Crippen LogP contribution in [0.25, 0.3) is 0 Å². The maximum atomic E-state index is 11.3. The van der Waals surface area contributed by atoms with Gasteiger partial charge in [0.1, 0.15) is 0 Å². The highest BCUT2D eigenvalue weighted by Crippen LogP contribution is 2.42. The second kappa shape index (κ2) is 6.30. The van der Waals surface area contributed by atoms with Crippen LogP contribution in [0.5, 0.6) is 11.5 Å². The van der Waals surface area contributed by atoms with Crippen molar-refractivity contribution in [3.63, 3.8) is 0 Å². The number of nitrogens with zero attached hydrogens (tertiary/aromatic N) is 1. The number of phenolic OH excluding ortho intramolecular Hbond substituents is 1. The standard InChI is InChI=1S/C16H24N2O4S/c1-2-7-18-8-3-4-12-9-13-11(10-14(12)18)5-6-15(19)16(13)22-23(17,20)21/h5-6,12,14,19H,2-4,7-10H2,1H3,(H2,17,20,21). The number of aromatic hydroxyl groups is 1. The molecule has 0 saturated carbocycles. The molecule has 1 fully saturated rings. The van der Waals surface area contributed by atoms with E-state index in [1.54, 1.807) is 0 Å². The Morgan fingerprint density at radius 1 is 1.39 bits per heavy atom. The first-order chi connectivity index (χ1) is 10.9. The lowest BCUT2D eigenvalue weighted by atomic mass is 9.75. The molecule has 3 rings (SSSR count). The molecule has 0 spiro atoms. The summed E-state index contributed by atoms with van der Waals surface area (Å²) in [5, 5.41) is 15.0. The third-order valence-electron chi connectivity index (χ3n) is 4.98. The van der Waals surface area contributed by atoms with Gasteiger partial charge in [0.2, 0.25) is 0 Å². The van der Waals surface area contributed by atoms with Gasteiger partial charge in [0.25, 0.3) is 0 Å². The summed E-state index contributed by atoms with van der Waals surface area (Å²) in [4.78, 5) is 2.55. The van der Waals surface area contributed by atoms with Gasteiger partial charge in [0.15, 0.2) is 11.5 Å². The first-order valence-corrected chi connectivity index (χ1v) is 9.66. The summed E-state index contributed by atoms with van der Waals surface area (Å²) in [5.74, 6) is 0.306. The molecule has 1 heterocycles. The maximum Gasteiger partial charge on any atom is 0.380 e. The van der Waals surface area contributed by atoms with Gasteiger partial charge in [0, 0.05) is 11.6 Å². The molecule has 1 saturated heterocycles. The molecule has 1 aliphatic heterocycles. The van der Waals surface area contributed by atoms with Crippen LogP contribution in [-0.4, -0.2) is 37.6 Å². The molecular weight excluding hydrogens is 316 g/mol. The highest BCUT2D eigenvalue weighted by Gasteiger charge is 2.37. The largest absolute Gasteiger partial charge is 0.504 e. The van der Waals surface area contributed by atoms with Gasteiger partial charge in [-0.15, -0.1) is 0 Å². The molecule has 7 heteroatoms. The summed E-state index contributed by atoms with van der Waals surface area (Å²) in [5.41, 5.74) is 1.84. The first kappa shape index (κ1) is 16.5. The molecule has 128 valence electrons. The van der Waals surface area contributed by atoms with Crippen LogP contribution in [0.4, 0.5) is 0 Å². The van der Waals surface area contributed by atoms with E-state index in [1.165, 1.54) is 6.07 Å². The average molecular weight is 340 g/mol. The van der Waals surface area contributed by atoms with Gasteiger partial charge in [-0.3, -0.25) is 4.90 Å². The smallest absolute Gasteiger partial charge is 0.380 e. The Balaban J connectivity index is 1.95. The molecule has 1 aliphatic carbocycles. The summed E-state index contributed by atoms with van der Waals surface area (Å²) >= 11 is 0. The Morgan fingerprint density at radius 2 is 2.17 bits per heavy atom. The Labute approximate surface area is 137 Å². The zero-order valence-electron chi connectivity index (χ0n) is 13.4. The zero-order chi connectivity index (χ0) is 16.6. The quantitative estimate of drug-likeness (QED) is 0.868. The lowest BCUT2D eigenvalue weighted by Gasteiger charge is -2.44. The Bertz CT molecular complexity index is 688. The number of phenols is 1. The normalized spacial score (nSPS) is 24.8. The van der Waals surface area contributed by atoms with Gasteiger partial charge in [-0.05, 0) is 62.7 Å². The van der Waals surface area contributed by atoms with Gasteiger partial charge in [-0.1, -0.05) is 13.0 Å². The van der Waals surface area contributed by atoms with Gasteiger partial charge in [0.05, 0.1) is 0 Å². The Morgan fingerprint density at radius 3 is 2.87 bits per heavy atom. The van der Waals surface area contributed by atoms with Gasteiger partial charge >= 0.3 is 10.3 Å². The van der Waals surface area contributed by atoms with Crippen molar-refractivity contribution in [1.29, 1.82) is 0 Å². The molecule has 2 atom stereocenters. The van der Waals surface area contributed by atoms with E-state index >= 15 is 0 Å². The molecule has 0 aromatic heterocycles. The summed E-state index contributed by atoms with van der Waals surface area (Å²) in [6.45, 7) is 4.41. The minimum absolute atomic E-state index is 0.0102. The van der Waals surface area contributed by atoms with Crippen LogP contribution in [0, 0.1) is 5.92 Å². The van der Waals surface area contributed by atoms with Crippen molar-refractivity contribution < 1.29 is 17.7 Å². The molecule has 1 aromatic rings. The van der Waals surface area contributed by atoms with Crippen LogP contribution in [0.3, 0.4) is 0 Å². The molecule has 0 radical (unpaired) electrons. The fourth-order valence-electron chi connectivity index (χ4n) is 4.08. The fraction of sp³-hybridized carbons (Fsp3) is 0.625. The monoisotopic (exact) mass is 340 g/mol. The molecule has 23 heavy (non-hydrogen) atoms. The number of rotatable bonds is 4. The van der Waals surface area contributed by atoms with Crippen molar-refractivity contribution in [3.05, 3.63) is 23.3 Å². The Hall–Kier alpha value is -1.31. The molecule has 2 unspecified atom stereocenters. The van der Waals surface area contributed by atoms with Crippen LogP contribution in [0.2, 0.25) is 0 Å². The molecule has 2 aliphatic rings. The van der Waals surface area contributed by atoms with Crippen molar-refractivity contribution in [1.82, 2.24) is 4.90 Å². The summed E-state index contributed by atoms with van der Waals surface area (Å²) in [6.07, 6.45) is 4.99. The van der Waals surface area contributed by atoms with Crippen molar-refractivity contribution >= 4 is 10.3 Å². The minimum Gasteiger partial charge on any atom is -0.504 e. The molecule has 1 aromatic carbocycles. The van der Waals surface area contributed by atoms with Crippen LogP contribution >= 0.6 is 0 Å². The molecule has 6 nitrogen and oxygen atoms in total. The van der Waals surface area contributed by atoms with Crippen LogP contribution in [0.15, 0.2) is 12.1 Å². The highest BCUT2D eigenvalue weighted by molar-refractivity contribution is 7.84. The SMILES string of the molecule is CCCN1CCCC2Cc3c(ccc(O)c3OS(N)(=O)=O)CC21. The van der Waals surface area contributed by atoms with Gasteiger partial charge < -0.3 is 9.29 Å². The second-order valence-corrected chi connectivity index (χ2v) is 7.69. The van der Waals surface area contributed by atoms with E-state index in [0.717, 1.165) is 56.3 Å². The van der Waals surface area contributed by atoms with Crippen LogP contribution in [-0.2, 0) is 23.1 Å². The number of hydrogen-bond donors (Lipinski definition) is 2. The van der Waals surface area contributed by atoms with E-state index in [2.05, 4.69) is 11.8 Å². The second-order valence-electron chi connectivity index (χ2n) is 6.54. The number of benzene rings is 1. The summed E-state index contributed by atoms with van der Waals surface area (Å²) in [7, 11) is -4.15. The number of fused-ring (bicyclic) bond motifs is 2. The highest BCUT2D eigenvalue weighted by atomic mass is 32.2. The fourth-order valence-corrected chi connectivity index (χ4v) is 4.50. The predicted octanol–water partition coefficient (Wildman–Crippen LogP) is 1.56. The van der Waals surface area contributed by atoms with Crippen molar-refractivity contribution in [2.45, 2.75) is 45.1 Å². The third-order valence-corrected chi connectivity index (χ3v) is 5.37. The third kappa shape index (κ3) is 3.46. The van der Waals surface area contributed by atoms with E-state index in [0.29, 0.717) is 12.0 Å². The van der Waals surface area contributed by atoms with Gasteiger partial charge in [-0.2, -0.15) is 13.6 Å². The number of nitrogens with two attached hydrogens (primary N) is 1. The first-order valence-electron chi connectivity index (χ1n) is 8.19. The van der Waals surface area contributed by atoms with E-state index in [1.807, 2.05) is 6.07 Å². The van der Waals surface area contributed by atoms with Crippen LogP contribution in [0.1, 0.15) is 37.3 Å². The predicted molar refractivity (Wildman–Crippen MR) is 87.6 cm³/mol. The molecule has 3 N–H and O–H groups in total. The van der Waals surface area contributed by atoms with Crippen molar-refractivity contribution in [3.8, 4) is 11.5 Å².